The van der Waals surface area contributed by atoms with Crippen molar-refractivity contribution in [2.75, 3.05) is 13.2 Å². The van der Waals surface area contributed by atoms with Crippen molar-refractivity contribution in [3.05, 3.63) is 48.4 Å². The largest absolute Gasteiger partial charge is 0.494 e. The number of benzene rings is 1. The van der Waals surface area contributed by atoms with Crippen LogP contribution in [0.1, 0.15) is 12.2 Å². The molecule has 1 N–H and O–H groups in total. The van der Waals surface area contributed by atoms with Crippen LogP contribution in [0.4, 0.5) is 0 Å². The van der Waals surface area contributed by atoms with Crippen molar-refractivity contribution in [1.82, 2.24) is 10.5 Å². The van der Waals surface area contributed by atoms with E-state index in [1.807, 2.05) is 36.4 Å². The lowest BCUT2D eigenvalue weighted by Crippen LogP contribution is -2.16. The summed E-state index contributed by atoms with van der Waals surface area (Å²) in [4.78, 5) is 0. The van der Waals surface area contributed by atoms with Gasteiger partial charge in [0.15, 0.2) is 0 Å². The minimum absolute atomic E-state index is 0.714. The summed E-state index contributed by atoms with van der Waals surface area (Å²) in [7, 11) is 0. The molecule has 2 rings (SSSR count). The van der Waals surface area contributed by atoms with Crippen molar-refractivity contribution in [3.8, 4) is 5.75 Å². The Morgan fingerprint density at radius 2 is 2.06 bits per heavy atom. The Morgan fingerprint density at radius 3 is 2.82 bits per heavy atom. The number of nitrogens with zero attached hydrogens (tertiary/aromatic N) is 1. The van der Waals surface area contributed by atoms with E-state index in [9.17, 15) is 0 Å². The second-order valence-corrected chi connectivity index (χ2v) is 3.67. The molecule has 0 aliphatic heterocycles. The first-order chi connectivity index (χ1) is 8.45. The number of hydrogen-bond acceptors (Lipinski definition) is 4. The van der Waals surface area contributed by atoms with Crippen LogP contribution in [0.15, 0.2) is 47.1 Å². The predicted octanol–water partition coefficient (Wildman–Crippen LogP) is 2.23. The van der Waals surface area contributed by atoms with Crippen LogP contribution in [0, 0.1) is 0 Å². The molecule has 1 aromatic carbocycles. The number of ether oxygens (including phenoxy) is 1. The van der Waals surface area contributed by atoms with Crippen molar-refractivity contribution < 1.29 is 9.26 Å². The molecule has 1 heterocycles. The fourth-order valence-electron chi connectivity index (χ4n) is 1.45. The van der Waals surface area contributed by atoms with Crippen LogP contribution in [0.5, 0.6) is 5.75 Å². The zero-order valence-electron chi connectivity index (χ0n) is 9.63. The van der Waals surface area contributed by atoms with E-state index in [-0.39, 0.29) is 0 Å². The third-order valence-corrected chi connectivity index (χ3v) is 2.30. The lowest BCUT2D eigenvalue weighted by Gasteiger charge is -2.05. The van der Waals surface area contributed by atoms with E-state index in [0.717, 1.165) is 24.5 Å². The zero-order valence-corrected chi connectivity index (χ0v) is 9.63. The van der Waals surface area contributed by atoms with E-state index in [0.29, 0.717) is 13.2 Å². The van der Waals surface area contributed by atoms with E-state index in [2.05, 4.69) is 10.5 Å². The van der Waals surface area contributed by atoms with Gasteiger partial charge in [-0.15, -0.1) is 0 Å². The molecular formula is C13H16N2O2. The first-order valence-electron chi connectivity index (χ1n) is 5.73. The Bertz CT molecular complexity index is 401. The minimum atomic E-state index is 0.714. The van der Waals surface area contributed by atoms with Crippen LogP contribution in [0.2, 0.25) is 0 Å². The average Bonchev–Trinajstić information content (AvgIpc) is 2.88. The maximum absolute atomic E-state index is 5.57. The van der Waals surface area contributed by atoms with Gasteiger partial charge in [0.2, 0.25) is 0 Å². The van der Waals surface area contributed by atoms with Gasteiger partial charge in [-0.3, -0.25) is 0 Å². The summed E-state index contributed by atoms with van der Waals surface area (Å²) < 4.78 is 10.5. The highest BCUT2D eigenvalue weighted by Gasteiger charge is 1.96. The molecule has 0 atom stereocenters. The Balaban J connectivity index is 1.52. The van der Waals surface area contributed by atoms with Gasteiger partial charge >= 0.3 is 0 Å². The maximum Gasteiger partial charge on any atom is 0.150 e. The predicted molar refractivity (Wildman–Crippen MR) is 64.8 cm³/mol. The highest BCUT2D eigenvalue weighted by Crippen LogP contribution is 2.08. The Hall–Kier alpha value is -1.81. The van der Waals surface area contributed by atoms with Gasteiger partial charge in [-0.05, 0) is 25.1 Å². The lowest BCUT2D eigenvalue weighted by molar-refractivity contribution is 0.305. The van der Waals surface area contributed by atoms with E-state index >= 15 is 0 Å². The van der Waals surface area contributed by atoms with Crippen molar-refractivity contribution in [3.63, 3.8) is 0 Å². The molecule has 4 heteroatoms. The second-order valence-electron chi connectivity index (χ2n) is 3.67. The maximum atomic E-state index is 5.57. The van der Waals surface area contributed by atoms with Crippen molar-refractivity contribution >= 4 is 0 Å². The fraction of sp³-hybridized carbons (Fsp3) is 0.308. The molecule has 0 amide bonds. The molecule has 0 aliphatic rings. The van der Waals surface area contributed by atoms with E-state index in [1.165, 1.54) is 0 Å². The summed E-state index contributed by atoms with van der Waals surface area (Å²) in [6.45, 7) is 2.33. The number of aromatic nitrogens is 1. The Labute approximate surface area is 101 Å². The van der Waals surface area contributed by atoms with Gasteiger partial charge in [-0.25, -0.2) is 0 Å². The molecule has 1 aromatic heterocycles. The van der Waals surface area contributed by atoms with E-state index in [4.69, 9.17) is 9.26 Å². The second kappa shape index (κ2) is 6.70. The highest BCUT2D eigenvalue weighted by molar-refractivity contribution is 5.20. The van der Waals surface area contributed by atoms with Gasteiger partial charge in [-0.2, -0.15) is 0 Å². The monoisotopic (exact) mass is 232 g/mol. The van der Waals surface area contributed by atoms with Crippen LogP contribution in [-0.2, 0) is 6.54 Å². The summed E-state index contributed by atoms with van der Waals surface area (Å²) in [5, 5.41) is 6.90. The zero-order chi connectivity index (χ0) is 11.8. The topological polar surface area (TPSA) is 47.3 Å². The van der Waals surface area contributed by atoms with Gasteiger partial charge in [0.1, 0.15) is 11.5 Å². The molecular weight excluding hydrogens is 216 g/mol. The first kappa shape index (κ1) is 11.7. The minimum Gasteiger partial charge on any atom is -0.494 e. The van der Waals surface area contributed by atoms with Crippen LogP contribution in [0.3, 0.4) is 0 Å². The number of nitrogens with one attached hydrogen (secondary N) is 1. The molecule has 0 bridgehead atoms. The quantitative estimate of drug-likeness (QED) is 0.744. The molecule has 0 unspecified atom stereocenters. The molecule has 0 fully saturated rings. The summed E-state index contributed by atoms with van der Waals surface area (Å²) in [6.07, 6.45) is 2.61. The van der Waals surface area contributed by atoms with Crippen molar-refractivity contribution in [2.24, 2.45) is 0 Å². The van der Waals surface area contributed by atoms with Crippen LogP contribution in [0.25, 0.3) is 0 Å². The third kappa shape index (κ3) is 4.28. The Morgan fingerprint density at radius 1 is 1.18 bits per heavy atom. The first-order valence-corrected chi connectivity index (χ1v) is 5.73. The summed E-state index contributed by atoms with van der Waals surface area (Å²) in [5.41, 5.74) is 0. The summed E-state index contributed by atoms with van der Waals surface area (Å²) in [5.74, 6) is 1.77. The Kier molecular flexibility index (Phi) is 4.60. The molecule has 0 saturated heterocycles. The molecule has 0 aliphatic carbocycles. The number of hydrogen-bond donors (Lipinski definition) is 1. The molecule has 90 valence electrons. The molecule has 0 saturated carbocycles. The molecule has 0 spiro atoms. The van der Waals surface area contributed by atoms with Gasteiger partial charge in [0.05, 0.1) is 19.3 Å². The molecule has 2 aromatic rings. The normalized spacial score (nSPS) is 10.4. The fourth-order valence-corrected chi connectivity index (χ4v) is 1.45. The van der Waals surface area contributed by atoms with Crippen LogP contribution >= 0.6 is 0 Å². The third-order valence-electron chi connectivity index (χ3n) is 2.30. The number of para-hydroxylation sites is 1. The lowest BCUT2D eigenvalue weighted by atomic mass is 10.3. The molecule has 0 radical (unpaired) electrons. The number of rotatable bonds is 7. The van der Waals surface area contributed by atoms with Gasteiger partial charge in [0, 0.05) is 6.07 Å². The smallest absolute Gasteiger partial charge is 0.150 e. The van der Waals surface area contributed by atoms with Crippen molar-refractivity contribution in [2.45, 2.75) is 13.0 Å². The SMILES string of the molecule is c1ccc(OCCCNCc2ccno2)cc1. The summed E-state index contributed by atoms with van der Waals surface area (Å²) >= 11 is 0. The van der Waals surface area contributed by atoms with E-state index in [1.54, 1.807) is 6.20 Å². The standard InChI is InChI=1S/C13H16N2O2/c1-2-5-12(6-3-1)16-10-4-8-14-11-13-7-9-15-17-13/h1-3,5-7,9,14H,4,8,10-11H2. The van der Waals surface area contributed by atoms with Gasteiger partial charge in [-0.1, -0.05) is 23.4 Å². The van der Waals surface area contributed by atoms with Crippen molar-refractivity contribution in [1.29, 1.82) is 0 Å². The van der Waals surface area contributed by atoms with Crippen LogP contribution < -0.4 is 10.1 Å². The summed E-state index contributed by atoms with van der Waals surface area (Å²) in [6, 6.07) is 11.7. The van der Waals surface area contributed by atoms with E-state index < -0.39 is 0 Å². The molecule has 4 nitrogen and oxygen atoms in total. The van der Waals surface area contributed by atoms with Crippen LogP contribution in [-0.4, -0.2) is 18.3 Å². The molecule has 17 heavy (non-hydrogen) atoms. The highest BCUT2D eigenvalue weighted by atomic mass is 16.5. The van der Waals surface area contributed by atoms with Gasteiger partial charge < -0.3 is 14.6 Å². The average molecular weight is 232 g/mol. The van der Waals surface area contributed by atoms with Gasteiger partial charge in [0.25, 0.3) is 0 Å².